The number of hydrogen-bond acceptors (Lipinski definition) is 2. The predicted molar refractivity (Wildman–Crippen MR) is 83.1 cm³/mol. The van der Waals surface area contributed by atoms with Gasteiger partial charge in [0.2, 0.25) is 5.91 Å². The number of amides is 1. The van der Waals surface area contributed by atoms with Gasteiger partial charge in [0.15, 0.2) is 0 Å². The highest BCUT2D eigenvalue weighted by Gasteiger charge is 2.21. The minimum Gasteiger partial charge on any atom is -0.359 e. The van der Waals surface area contributed by atoms with E-state index in [0.717, 1.165) is 11.3 Å². The van der Waals surface area contributed by atoms with Crippen LogP contribution >= 0.6 is 23.4 Å². The van der Waals surface area contributed by atoms with E-state index in [1.165, 1.54) is 0 Å². The van der Waals surface area contributed by atoms with Crippen molar-refractivity contribution >= 4 is 29.3 Å². The van der Waals surface area contributed by atoms with Gasteiger partial charge in [-0.25, -0.2) is 0 Å². The van der Waals surface area contributed by atoms with Gasteiger partial charge in [0.1, 0.15) is 0 Å². The van der Waals surface area contributed by atoms with Crippen LogP contribution in [-0.2, 0) is 4.79 Å². The molecule has 1 atom stereocenters. The molecule has 0 aromatic carbocycles. The molecule has 1 unspecified atom stereocenters. The average molecular weight is 290 g/mol. The van der Waals surface area contributed by atoms with E-state index in [4.69, 9.17) is 11.6 Å². The zero-order chi connectivity index (χ0) is 14.3. The van der Waals surface area contributed by atoms with Gasteiger partial charge in [0.25, 0.3) is 0 Å². The number of carbonyl (C=O) groups is 1. The highest BCUT2D eigenvalue weighted by molar-refractivity contribution is 8.00. The molecule has 104 valence electrons. The molecule has 18 heavy (non-hydrogen) atoms. The summed E-state index contributed by atoms with van der Waals surface area (Å²) in [5.41, 5.74) is 0.894. The lowest BCUT2D eigenvalue weighted by Gasteiger charge is -2.22. The molecular weight excluding hydrogens is 266 g/mol. The monoisotopic (exact) mass is 289 g/mol. The largest absolute Gasteiger partial charge is 0.359 e. The van der Waals surface area contributed by atoms with Crippen LogP contribution < -0.4 is 5.32 Å². The minimum atomic E-state index is -0.0565. The average Bonchev–Trinajstić information content (AvgIpc) is 2.20. The highest BCUT2D eigenvalue weighted by Crippen LogP contribution is 2.28. The summed E-state index contributed by atoms with van der Waals surface area (Å²) in [6, 6.07) is 0. The maximum absolute atomic E-state index is 11.8. The Kier molecular flexibility index (Phi) is 7.72. The van der Waals surface area contributed by atoms with Crippen molar-refractivity contribution in [1.82, 2.24) is 5.32 Å². The van der Waals surface area contributed by atoms with Crippen LogP contribution in [0.1, 0.15) is 34.1 Å². The lowest BCUT2D eigenvalue weighted by atomic mass is 10.0. The highest BCUT2D eigenvalue weighted by atomic mass is 35.5. The van der Waals surface area contributed by atoms with E-state index < -0.39 is 0 Å². The van der Waals surface area contributed by atoms with E-state index >= 15 is 0 Å². The van der Waals surface area contributed by atoms with Crippen molar-refractivity contribution < 1.29 is 4.79 Å². The molecule has 1 amide bonds. The number of thioether (sulfide) groups is 1. The van der Waals surface area contributed by atoms with Crippen molar-refractivity contribution in [3.63, 3.8) is 0 Å². The third kappa shape index (κ3) is 8.65. The lowest BCUT2D eigenvalue weighted by Crippen LogP contribution is -2.30. The topological polar surface area (TPSA) is 29.1 Å². The Morgan fingerprint density at radius 2 is 2.06 bits per heavy atom. The molecular formula is C14H24ClNOS. The van der Waals surface area contributed by atoms with Crippen LogP contribution in [0.3, 0.4) is 0 Å². The van der Waals surface area contributed by atoms with Crippen molar-refractivity contribution in [3.8, 4) is 0 Å². The van der Waals surface area contributed by atoms with Crippen molar-refractivity contribution in [2.75, 3.05) is 12.8 Å². The molecule has 0 rings (SSSR count). The number of nitrogens with one attached hydrogen (secondary N) is 1. The molecule has 0 aliphatic carbocycles. The van der Waals surface area contributed by atoms with Gasteiger partial charge in [0.05, 0.1) is 5.92 Å². The number of carbonyl (C=O) groups excluding carboxylic acids is 1. The lowest BCUT2D eigenvalue weighted by molar-refractivity contribution is -0.123. The van der Waals surface area contributed by atoms with Crippen LogP contribution in [-0.4, -0.2) is 23.5 Å². The van der Waals surface area contributed by atoms with Gasteiger partial charge < -0.3 is 5.32 Å². The zero-order valence-electron chi connectivity index (χ0n) is 12.0. The first kappa shape index (κ1) is 17.6. The van der Waals surface area contributed by atoms with E-state index in [0.29, 0.717) is 11.5 Å². The number of halogens is 1. The molecule has 4 heteroatoms. The summed E-state index contributed by atoms with van der Waals surface area (Å²) < 4.78 is 0.159. The Labute approximate surface area is 120 Å². The summed E-state index contributed by atoms with van der Waals surface area (Å²) >= 11 is 7.60. The molecule has 1 N–H and O–H groups in total. The first-order valence-corrected chi connectivity index (χ1v) is 7.39. The number of hydrogen-bond donors (Lipinski definition) is 1. The van der Waals surface area contributed by atoms with Gasteiger partial charge in [-0.3, -0.25) is 4.79 Å². The fourth-order valence-corrected chi connectivity index (χ4v) is 2.56. The maximum atomic E-state index is 11.8. The first-order chi connectivity index (χ1) is 8.15. The fourth-order valence-electron chi connectivity index (χ4n) is 1.44. The standard InChI is InChI=1S/C14H24ClNOS/c1-10(7-11(2)15)8-12(13(17)16-6)9-18-14(3,4)5/h7,12H,1,8-9H2,2-6H3,(H,16,17)/b11-7+. The number of allylic oxidation sites excluding steroid dienone is 3. The Bertz CT molecular complexity index is 327. The second kappa shape index (κ2) is 7.90. The third-order valence-corrected chi connectivity index (χ3v) is 3.79. The second-order valence-electron chi connectivity index (χ2n) is 5.33. The molecule has 0 saturated heterocycles. The summed E-state index contributed by atoms with van der Waals surface area (Å²) in [6.07, 6.45) is 2.46. The Morgan fingerprint density at radius 3 is 2.44 bits per heavy atom. The van der Waals surface area contributed by atoms with Crippen LogP contribution in [0, 0.1) is 5.92 Å². The summed E-state index contributed by atoms with van der Waals surface area (Å²) in [4.78, 5) is 11.8. The minimum absolute atomic E-state index is 0.0565. The van der Waals surface area contributed by atoms with Gasteiger partial charge >= 0.3 is 0 Å². The summed E-state index contributed by atoms with van der Waals surface area (Å²) in [5, 5.41) is 3.41. The van der Waals surface area contributed by atoms with Gasteiger partial charge in [-0.05, 0) is 19.4 Å². The van der Waals surface area contributed by atoms with Crippen molar-refractivity contribution in [2.45, 2.75) is 38.9 Å². The van der Waals surface area contributed by atoms with E-state index in [1.807, 2.05) is 13.0 Å². The maximum Gasteiger partial charge on any atom is 0.224 e. The van der Waals surface area contributed by atoms with E-state index in [9.17, 15) is 4.79 Å². The molecule has 0 heterocycles. The van der Waals surface area contributed by atoms with Crippen molar-refractivity contribution in [2.24, 2.45) is 5.92 Å². The van der Waals surface area contributed by atoms with Crippen LogP contribution in [0.2, 0.25) is 0 Å². The Morgan fingerprint density at radius 1 is 1.50 bits per heavy atom. The molecule has 0 aromatic rings. The van der Waals surface area contributed by atoms with E-state index in [2.05, 4.69) is 32.7 Å². The van der Waals surface area contributed by atoms with Gasteiger partial charge in [0, 0.05) is 22.6 Å². The third-order valence-electron chi connectivity index (χ3n) is 2.25. The quantitative estimate of drug-likeness (QED) is 0.750. The summed E-state index contributed by atoms with van der Waals surface area (Å²) in [6.45, 7) is 12.2. The Hall–Kier alpha value is -0.410. The van der Waals surface area contributed by atoms with Crippen molar-refractivity contribution in [3.05, 3.63) is 23.3 Å². The molecule has 0 aliphatic rings. The van der Waals surface area contributed by atoms with Gasteiger partial charge in [-0.1, -0.05) is 44.5 Å². The molecule has 0 aromatic heterocycles. The van der Waals surface area contributed by atoms with Gasteiger partial charge in [-0.2, -0.15) is 11.8 Å². The zero-order valence-corrected chi connectivity index (χ0v) is 13.5. The summed E-state index contributed by atoms with van der Waals surface area (Å²) in [7, 11) is 1.67. The molecule has 2 nitrogen and oxygen atoms in total. The molecule has 0 saturated carbocycles. The van der Waals surface area contributed by atoms with Crippen LogP contribution in [0.5, 0.6) is 0 Å². The van der Waals surface area contributed by atoms with E-state index in [1.54, 1.807) is 18.8 Å². The molecule has 0 bridgehead atoms. The van der Waals surface area contributed by atoms with E-state index in [-0.39, 0.29) is 16.6 Å². The molecule has 0 spiro atoms. The molecule has 0 fully saturated rings. The second-order valence-corrected chi connectivity index (χ2v) is 7.77. The van der Waals surface area contributed by atoms with Crippen LogP contribution in [0.15, 0.2) is 23.3 Å². The van der Waals surface area contributed by atoms with Crippen LogP contribution in [0.4, 0.5) is 0 Å². The van der Waals surface area contributed by atoms with Crippen molar-refractivity contribution in [1.29, 1.82) is 0 Å². The molecule has 0 aliphatic heterocycles. The summed E-state index contributed by atoms with van der Waals surface area (Å²) in [5.74, 6) is 0.796. The van der Waals surface area contributed by atoms with Crippen LogP contribution in [0.25, 0.3) is 0 Å². The fraction of sp³-hybridized carbons (Fsp3) is 0.643. The smallest absolute Gasteiger partial charge is 0.224 e. The van der Waals surface area contributed by atoms with Gasteiger partial charge in [-0.15, -0.1) is 0 Å². The number of rotatable bonds is 6. The predicted octanol–water partition coefficient (Wildman–Crippen LogP) is 3.97. The first-order valence-electron chi connectivity index (χ1n) is 6.03. The normalized spacial score (nSPS) is 14.2. The Balaban J connectivity index is 4.56. The molecule has 0 radical (unpaired) electrons. The SMILES string of the molecule is C=C(/C=C(\C)Cl)CC(CSC(C)(C)C)C(=O)NC.